The molecule has 34 heavy (non-hydrogen) atoms. The van der Waals surface area contributed by atoms with Crippen molar-refractivity contribution in [2.45, 2.75) is 46.3 Å². The number of aromatic nitrogens is 1. The first-order valence-electron chi connectivity index (χ1n) is 11.5. The fraction of sp³-hybridized carbons (Fsp3) is 0.333. The van der Waals surface area contributed by atoms with Crippen LogP contribution in [0.15, 0.2) is 58.9 Å². The lowest BCUT2D eigenvalue weighted by Crippen LogP contribution is -2.54. The van der Waals surface area contributed by atoms with Crippen molar-refractivity contribution in [3.63, 3.8) is 0 Å². The lowest BCUT2D eigenvalue weighted by atomic mass is 10.00. The number of carbonyl (C=O) groups is 1. The summed E-state index contributed by atoms with van der Waals surface area (Å²) in [5.41, 5.74) is 1.90. The van der Waals surface area contributed by atoms with E-state index in [1.807, 2.05) is 35.5 Å². The molecule has 1 aliphatic rings. The largest absolute Gasteiger partial charge is 0.477 e. The average molecular weight is 464 g/mol. The highest BCUT2D eigenvalue weighted by molar-refractivity contribution is 6.00. The van der Waals surface area contributed by atoms with Gasteiger partial charge in [-0.05, 0) is 45.4 Å². The zero-order valence-electron chi connectivity index (χ0n) is 19.9. The number of pyridine rings is 1. The van der Waals surface area contributed by atoms with E-state index in [-0.39, 0.29) is 23.0 Å². The van der Waals surface area contributed by atoms with E-state index < -0.39 is 17.2 Å². The first kappa shape index (κ1) is 23.7. The quantitative estimate of drug-likeness (QED) is 0.539. The van der Waals surface area contributed by atoms with Gasteiger partial charge in [0.15, 0.2) is 0 Å². The molecule has 0 amide bonds. The Balaban J connectivity index is 2.08. The van der Waals surface area contributed by atoms with Crippen LogP contribution in [0.3, 0.4) is 0 Å². The number of carboxylic acid groups (broad SMARTS) is 1. The van der Waals surface area contributed by atoms with Gasteiger partial charge in [-0.3, -0.25) is 4.79 Å². The van der Waals surface area contributed by atoms with Gasteiger partial charge in [-0.2, -0.15) is 0 Å². The third-order valence-electron chi connectivity index (χ3n) is 6.18. The Bertz CT molecular complexity index is 1320. The molecule has 0 bridgehead atoms. The highest BCUT2D eigenvalue weighted by Crippen LogP contribution is 2.31. The minimum absolute atomic E-state index is 0.0664. The van der Waals surface area contributed by atoms with Crippen molar-refractivity contribution in [2.75, 3.05) is 18.0 Å². The van der Waals surface area contributed by atoms with Crippen molar-refractivity contribution in [1.29, 1.82) is 0 Å². The molecule has 1 aliphatic heterocycles. The Morgan fingerprint density at radius 1 is 1.15 bits per heavy atom. The number of rotatable bonds is 5. The number of anilines is 1. The molecule has 7 heteroatoms. The van der Waals surface area contributed by atoms with Crippen LogP contribution in [0.2, 0.25) is 0 Å². The number of hydrogen-bond donors (Lipinski definition) is 2. The summed E-state index contributed by atoms with van der Waals surface area (Å²) in [5.74, 6) is -1.85. The van der Waals surface area contributed by atoms with E-state index in [1.165, 1.54) is 6.07 Å². The summed E-state index contributed by atoms with van der Waals surface area (Å²) in [6, 6.07) is 12.3. The number of halogens is 1. The van der Waals surface area contributed by atoms with Crippen LogP contribution in [0, 0.1) is 5.82 Å². The van der Waals surface area contributed by atoms with Gasteiger partial charge < -0.3 is 19.9 Å². The second-order valence-corrected chi connectivity index (χ2v) is 9.31. The monoisotopic (exact) mass is 463 g/mol. The predicted octanol–water partition coefficient (Wildman–Crippen LogP) is 4.66. The topological polar surface area (TPSA) is 74.6 Å². The first-order chi connectivity index (χ1) is 16.2. The summed E-state index contributed by atoms with van der Waals surface area (Å²) in [5, 5.41) is 13.5. The van der Waals surface area contributed by atoms with E-state index in [2.05, 4.69) is 19.2 Å². The van der Waals surface area contributed by atoms with Crippen molar-refractivity contribution < 1.29 is 14.3 Å². The molecule has 0 saturated carbocycles. The number of carboxylic acids is 1. The average Bonchev–Trinajstić information content (AvgIpc) is 2.77. The fourth-order valence-electron chi connectivity index (χ4n) is 4.78. The molecular formula is C27H30FN3O3. The molecule has 3 aromatic rings. The van der Waals surface area contributed by atoms with Crippen LogP contribution in [-0.2, 0) is 6.54 Å². The van der Waals surface area contributed by atoms with Crippen LogP contribution in [0.25, 0.3) is 22.2 Å². The molecule has 178 valence electrons. The van der Waals surface area contributed by atoms with Gasteiger partial charge in [0.2, 0.25) is 5.43 Å². The van der Waals surface area contributed by atoms with E-state index in [1.54, 1.807) is 30.3 Å². The molecule has 2 N–H and O–H groups in total. The molecular weight excluding hydrogens is 433 g/mol. The Labute approximate surface area is 198 Å². The Morgan fingerprint density at radius 3 is 2.38 bits per heavy atom. The van der Waals surface area contributed by atoms with Gasteiger partial charge in [-0.25, -0.2) is 9.18 Å². The van der Waals surface area contributed by atoms with Gasteiger partial charge in [0.05, 0.1) is 16.9 Å². The summed E-state index contributed by atoms with van der Waals surface area (Å²) in [6.45, 7) is 9.63. The van der Waals surface area contributed by atoms with E-state index in [0.717, 1.165) is 5.57 Å². The van der Waals surface area contributed by atoms with Crippen molar-refractivity contribution in [3.05, 3.63) is 75.7 Å². The number of nitrogens with zero attached hydrogens (tertiary/aromatic N) is 2. The smallest absolute Gasteiger partial charge is 0.341 e. The summed E-state index contributed by atoms with van der Waals surface area (Å²) in [6.07, 6.45) is 1.97. The number of fused-ring (bicyclic) bond motifs is 1. The number of hydrogen-bond acceptors (Lipinski definition) is 4. The third-order valence-corrected chi connectivity index (χ3v) is 6.18. The van der Waals surface area contributed by atoms with E-state index in [0.29, 0.717) is 42.1 Å². The zero-order valence-corrected chi connectivity index (χ0v) is 19.9. The van der Waals surface area contributed by atoms with Gasteiger partial charge in [0, 0.05) is 37.1 Å². The molecule has 1 aromatic heterocycles. The second-order valence-electron chi connectivity index (χ2n) is 9.31. The lowest BCUT2D eigenvalue weighted by molar-refractivity contribution is 0.0696. The molecule has 0 spiro atoms. The van der Waals surface area contributed by atoms with Crippen LogP contribution < -0.4 is 15.6 Å². The SMILES string of the molecule is CC(C)=CCn1c(-c2ccccc2)c(C(=O)O)c(=O)c2cc(F)c(N3CC(C)NC(C)C3)cc21. The van der Waals surface area contributed by atoms with Crippen LogP contribution in [-0.4, -0.2) is 40.8 Å². The molecule has 6 nitrogen and oxygen atoms in total. The van der Waals surface area contributed by atoms with E-state index >= 15 is 4.39 Å². The van der Waals surface area contributed by atoms with Crippen molar-refractivity contribution in [1.82, 2.24) is 9.88 Å². The maximum absolute atomic E-state index is 15.4. The second kappa shape index (κ2) is 9.43. The molecule has 0 radical (unpaired) electrons. The maximum Gasteiger partial charge on any atom is 0.341 e. The van der Waals surface area contributed by atoms with Crippen molar-refractivity contribution in [3.8, 4) is 11.3 Å². The Hall–Kier alpha value is -3.45. The van der Waals surface area contributed by atoms with Crippen LogP contribution in [0.4, 0.5) is 10.1 Å². The number of piperazine rings is 1. The molecule has 2 aromatic carbocycles. The van der Waals surface area contributed by atoms with Crippen LogP contribution >= 0.6 is 0 Å². The molecule has 1 saturated heterocycles. The van der Waals surface area contributed by atoms with Gasteiger partial charge in [0.1, 0.15) is 11.4 Å². The standard InChI is InChI=1S/C27H30FN3O3/c1-16(2)10-11-31-22-13-23(30-14-17(3)29-18(4)15-30)21(28)12-20(22)26(32)24(27(33)34)25(31)19-8-6-5-7-9-19/h5-10,12-13,17-18,29H,11,14-15H2,1-4H3,(H,33,34). The normalized spacial score (nSPS) is 18.2. The molecule has 2 heterocycles. The summed E-state index contributed by atoms with van der Waals surface area (Å²) < 4.78 is 17.2. The van der Waals surface area contributed by atoms with Gasteiger partial charge in [0.25, 0.3) is 0 Å². The first-order valence-corrected chi connectivity index (χ1v) is 11.5. The van der Waals surface area contributed by atoms with Crippen LogP contribution in [0.1, 0.15) is 38.1 Å². The highest BCUT2D eigenvalue weighted by Gasteiger charge is 2.27. The minimum Gasteiger partial charge on any atom is -0.477 e. The van der Waals surface area contributed by atoms with E-state index in [9.17, 15) is 14.7 Å². The van der Waals surface area contributed by atoms with Gasteiger partial charge in [-0.15, -0.1) is 0 Å². The van der Waals surface area contributed by atoms with Crippen molar-refractivity contribution in [2.24, 2.45) is 0 Å². The predicted molar refractivity (Wildman–Crippen MR) is 134 cm³/mol. The fourth-order valence-corrected chi connectivity index (χ4v) is 4.78. The van der Waals surface area contributed by atoms with Gasteiger partial charge >= 0.3 is 5.97 Å². The zero-order chi connectivity index (χ0) is 24.6. The number of benzene rings is 2. The Kier molecular flexibility index (Phi) is 6.57. The van der Waals surface area contributed by atoms with Crippen molar-refractivity contribution >= 4 is 22.6 Å². The molecule has 2 unspecified atom stereocenters. The highest BCUT2D eigenvalue weighted by atomic mass is 19.1. The number of aromatic carboxylic acids is 1. The molecule has 2 atom stereocenters. The summed E-state index contributed by atoms with van der Waals surface area (Å²) in [7, 11) is 0. The van der Waals surface area contributed by atoms with Gasteiger partial charge in [-0.1, -0.05) is 42.0 Å². The van der Waals surface area contributed by atoms with E-state index in [4.69, 9.17) is 0 Å². The van der Waals surface area contributed by atoms with Crippen LogP contribution in [0.5, 0.6) is 0 Å². The molecule has 1 fully saturated rings. The summed E-state index contributed by atoms with van der Waals surface area (Å²) in [4.78, 5) is 27.7. The lowest BCUT2D eigenvalue weighted by Gasteiger charge is -2.38. The third kappa shape index (κ3) is 4.48. The number of allylic oxidation sites excluding steroid dienone is 2. The minimum atomic E-state index is -1.33. The Morgan fingerprint density at radius 2 is 1.79 bits per heavy atom. The summed E-state index contributed by atoms with van der Waals surface area (Å²) >= 11 is 0. The maximum atomic E-state index is 15.4. The molecule has 0 aliphatic carbocycles. The molecule has 4 rings (SSSR count). The number of nitrogens with one attached hydrogen (secondary N) is 1.